The highest BCUT2D eigenvalue weighted by molar-refractivity contribution is 6.06. The monoisotopic (exact) mass is 348 g/mol. The van der Waals surface area contributed by atoms with Crippen molar-refractivity contribution in [3.63, 3.8) is 0 Å². The van der Waals surface area contributed by atoms with Gasteiger partial charge in [-0.2, -0.15) is 0 Å². The molecule has 4 rings (SSSR count). The van der Waals surface area contributed by atoms with Crippen molar-refractivity contribution >= 4 is 16.8 Å². The Morgan fingerprint density at radius 1 is 1.12 bits per heavy atom. The quantitative estimate of drug-likeness (QED) is 0.774. The van der Waals surface area contributed by atoms with Crippen LogP contribution in [0.5, 0.6) is 11.5 Å². The Bertz CT molecular complexity index is 982. The van der Waals surface area contributed by atoms with Crippen LogP contribution in [0.1, 0.15) is 41.4 Å². The Kier molecular flexibility index (Phi) is 4.21. The molecule has 0 spiro atoms. The summed E-state index contributed by atoms with van der Waals surface area (Å²) in [7, 11) is 0. The summed E-state index contributed by atoms with van der Waals surface area (Å²) in [5, 5.41) is 3.86. The van der Waals surface area contributed by atoms with E-state index in [1.165, 1.54) is 0 Å². The van der Waals surface area contributed by atoms with Gasteiger partial charge in [-0.15, -0.1) is 0 Å². The lowest BCUT2D eigenvalue weighted by atomic mass is 10.0. The summed E-state index contributed by atoms with van der Waals surface area (Å²) in [4.78, 5) is 17.5. The van der Waals surface area contributed by atoms with E-state index in [1.54, 1.807) is 0 Å². The number of carbonyl (C=O) groups excluding carboxylic acids is 1. The summed E-state index contributed by atoms with van der Waals surface area (Å²) < 4.78 is 10.7. The van der Waals surface area contributed by atoms with E-state index in [9.17, 15) is 4.79 Å². The molecule has 2 aromatic carbocycles. The molecule has 132 valence electrons. The number of benzene rings is 2. The average molecular weight is 348 g/mol. The number of hydrogen-bond donors (Lipinski definition) is 1. The Morgan fingerprint density at radius 2 is 1.92 bits per heavy atom. The Balaban J connectivity index is 1.59. The fourth-order valence-corrected chi connectivity index (χ4v) is 3.01. The molecule has 1 amide bonds. The van der Waals surface area contributed by atoms with Gasteiger partial charge in [0.15, 0.2) is 11.5 Å². The molecule has 0 atom stereocenters. The summed E-state index contributed by atoms with van der Waals surface area (Å²) in [6.45, 7) is 4.81. The van der Waals surface area contributed by atoms with Crippen LogP contribution in [0.3, 0.4) is 0 Å². The lowest BCUT2D eigenvalue weighted by molar-refractivity contribution is 0.0952. The molecule has 1 aromatic heterocycles. The summed E-state index contributed by atoms with van der Waals surface area (Å²) in [5.74, 6) is 1.60. The van der Waals surface area contributed by atoms with Crippen LogP contribution < -0.4 is 14.8 Å². The third-order valence-corrected chi connectivity index (χ3v) is 4.46. The summed E-state index contributed by atoms with van der Waals surface area (Å²) in [6, 6.07) is 15.3. The molecule has 2 heterocycles. The Morgan fingerprint density at radius 3 is 2.77 bits per heavy atom. The molecule has 26 heavy (non-hydrogen) atoms. The number of nitrogens with zero attached hydrogens (tertiary/aromatic N) is 1. The Labute approximate surface area is 152 Å². The zero-order valence-electron chi connectivity index (χ0n) is 14.8. The number of aromatic nitrogens is 1. The van der Waals surface area contributed by atoms with Crippen LogP contribution in [0.25, 0.3) is 10.9 Å². The van der Waals surface area contributed by atoms with Gasteiger partial charge in [0.2, 0.25) is 6.79 Å². The third kappa shape index (κ3) is 3.08. The van der Waals surface area contributed by atoms with Gasteiger partial charge in [0.25, 0.3) is 5.91 Å². The van der Waals surface area contributed by atoms with Gasteiger partial charge >= 0.3 is 0 Å². The number of para-hydroxylation sites is 1. The van der Waals surface area contributed by atoms with Gasteiger partial charge in [-0.3, -0.25) is 9.78 Å². The normalized spacial score (nSPS) is 12.6. The maximum absolute atomic E-state index is 12.8. The van der Waals surface area contributed by atoms with Crippen LogP contribution in [0.4, 0.5) is 0 Å². The lowest BCUT2D eigenvalue weighted by Crippen LogP contribution is -2.23. The van der Waals surface area contributed by atoms with E-state index in [2.05, 4.69) is 24.1 Å². The van der Waals surface area contributed by atoms with E-state index in [0.29, 0.717) is 17.9 Å². The second-order valence-electron chi connectivity index (χ2n) is 6.64. The minimum absolute atomic E-state index is 0.108. The van der Waals surface area contributed by atoms with Gasteiger partial charge in [-0.25, -0.2) is 0 Å². The minimum atomic E-state index is -0.108. The fraction of sp³-hybridized carbons (Fsp3) is 0.238. The highest BCUT2D eigenvalue weighted by atomic mass is 16.7. The molecule has 1 aliphatic rings. The first-order valence-electron chi connectivity index (χ1n) is 8.68. The molecule has 5 heteroatoms. The van der Waals surface area contributed by atoms with Crippen molar-refractivity contribution in [3.8, 4) is 11.5 Å². The number of nitrogens with one attached hydrogen (secondary N) is 1. The molecule has 0 saturated heterocycles. The summed E-state index contributed by atoms with van der Waals surface area (Å²) >= 11 is 0. The molecule has 0 unspecified atom stereocenters. The molecule has 0 saturated carbocycles. The molecule has 5 nitrogen and oxygen atoms in total. The second-order valence-corrected chi connectivity index (χ2v) is 6.64. The number of fused-ring (bicyclic) bond motifs is 2. The lowest BCUT2D eigenvalue weighted by Gasteiger charge is -2.12. The largest absolute Gasteiger partial charge is 0.454 e. The van der Waals surface area contributed by atoms with Gasteiger partial charge < -0.3 is 14.8 Å². The number of hydrogen-bond acceptors (Lipinski definition) is 4. The number of rotatable bonds is 4. The molecule has 0 bridgehead atoms. The second kappa shape index (κ2) is 6.67. The standard InChI is InChI=1S/C21H20N2O3/c1-13(2)18-10-16(15-5-3-4-6-17(15)23-18)21(24)22-11-14-7-8-19-20(9-14)26-12-25-19/h3-10,13H,11-12H2,1-2H3,(H,22,24). The van der Waals surface area contributed by atoms with E-state index < -0.39 is 0 Å². The molecule has 1 aliphatic heterocycles. The summed E-state index contributed by atoms with van der Waals surface area (Å²) in [5.41, 5.74) is 3.37. The van der Waals surface area contributed by atoms with Crippen molar-refractivity contribution in [2.24, 2.45) is 0 Å². The van der Waals surface area contributed by atoms with Crippen LogP contribution in [-0.2, 0) is 6.54 Å². The van der Waals surface area contributed by atoms with Crippen molar-refractivity contribution in [1.29, 1.82) is 0 Å². The van der Waals surface area contributed by atoms with Gasteiger partial charge in [0, 0.05) is 17.6 Å². The van der Waals surface area contributed by atoms with E-state index in [0.717, 1.165) is 27.9 Å². The zero-order chi connectivity index (χ0) is 18.1. The molecule has 0 fully saturated rings. The van der Waals surface area contributed by atoms with Gasteiger partial charge in [-0.05, 0) is 35.7 Å². The SMILES string of the molecule is CC(C)c1cc(C(=O)NCc2ccc3c(c2)OCO3)c2ccccc2n1. The first-order chi connectivity index (χ1) is 12.6. The number of ether oxygens (including phenoxy) is 2. The average Bonchev–Trinajstić information content (AvgIpc) is 3.13. The molecule has 1 N–H and O–H groups in total. The van der Waals surface area contributed by atoms with E-state index in [-0.39, 0.29) is 18.6 Å². The van der Waals surface area contributed by atoms with Crippen molar-refractivity contribution in [3.05, 3.63) is 65.4 Å². The first kappa shape index (κ1) is 16.4. The molecule has 0 aliphatic carbocycles. The van der Waals surface area contributed by atoms with Gasteiger partial charge in [-0.1, -0.05) is 38.1 Å². The fourth-order valence-electron chi connectivity index (χ4n) is 3.01. The number of amides is 1. The minimum Gasteiger partial charge on any atom is -0.454 e. The molecular formula is C21H20N2O3. The third-order valence-electron chi connectivity index (χ3n) is 4.46. The van der Waals surface area contributed by atoms with E-state index in [4.69, 9.17) is 9.47 Å². The van der Waals surface area contributed by atoms with E-state index in [1.807, 2.05) is 48.5 Å². The highest BCUT2D eigenvalue weighted by Crippen LogP contribution is 2.32. The predicted octanol–water partition coefficient (Wildman–Crippen LogP) is 4.02. The number of carbonyl (C=O) groups is 1. The highest BCUT2D eigenvalue weighted by Gasteiger charge is 2.16. The van der Waals surface area contributed by atoms with Crippen LogP contribution in [0.2, 0.25) is 0 Å². The number of pyridine rings is 1. The van der Waals surface area contributed by atoms with Gasteiger partial charge in [0.1, 0.15) is 0 Å². The first-order valence-corrected chi connectivity index (χ1v) is 8.68. The zero-order valence-corrected chi connectivity index (χ0v) is 14.8. The summed E-state index contributed by atoms with van der Waals surface area (Å²) in [6.07, 6.45) is 0. The molecule has 0 radical (unpaired) electrons. The van der Waals surface area contributed by atoms with Crippen LogP contribution in [0.15, 0.2) is 48.5 Å². The van der Waals surface area contributed by atoms with Crippen molar-refractivity contribution in [2.45, 2.75) is 26.3 Å². The molecular weight excluding hydrogens is 328 g/mol. The smallest absolute Gasteiger partial charge is 0.252 e. The van der Waals surface area contributed by atoms with Gasteiger partial charge in [0.05, 0.1) is 11.1 Å². The van der Waals surface area contributed by atoms with Crippen molar-refractivity contribution in [1.82, 2.24) is 10.3 Å². The Hall–Kier alpha value is -3.08. The topological polar surface area (TPSA) is 60.5 Å². The maximum Gasteiger partial charge on any atom is 0.252 e. The predicted molar refractivity (Wildman–Crippen MR) is 99.6 cm³/mol. The molecule has 3 aromatic rings. The van der Waals surface area contributed by atoms with Crippen LogP contribution >= 0.6 is 0 Å². The van der Waals surface area contributed by atoms with Crippen LogP contribution in [0, 0.1) is 0 Å². The van der Waals surface area contributed by atoms with E-state index >= 15 is 0 Å². The van der Waals surface area contributed by atoms with Crippen molar-refractivity contribution < 1.29 is 14.3 Å². The van der Waals surface area contributed by atoms with Crippen molar-refractivity contribution in [2.75, 3.05) is 6.79 Å². The maximum atomic E-state index is 12.8. The van der Waals surface area contributed by atoms with Crippen LogP contribution in [-0.4, -0.2) is 17.7 Å².